The largest absolute Gasteiger partial charge is 0.496 e. The van der Waals surface area contributed by atoms with Gasteiger partial charge in [0, 0.05) is 30.9 Å². The van der Waals surface area contributed by atoms with Crippen LogP contribution in [0.3, 0.4) is 0 Å². The predicted octanol–water partition coefficient (Wildman–Crippen LogP) is 3.56. The smallest absolute Gasteiger partial charge is 0.303 e. The van der Waals surface area contributed by atoms with Gasteiger partial charge in [-0.05, 0) is 36.7 Å². The second-order valence-electron chi connectivity index (χ2n) is 15.0. The van der Waals surface area contributed by atoms with Crippen LogP contribution in [0, 0.1) is 11.3 Å². The molecule has 0 radical (unpaired) electrons. The van der Waals surface area contributed by atoms with Crippen LogP contribution < -0.4 is 31.4 Å². The summed E-state index contributed by atoms with van der Waals surface area (Å²) in [7, 11) is 3.00. The maximum Gasteiger partial charge on any atom is 0.303 e. The molecule has 2 heterocycles. The van der Waals surface area contributed by atoms with Crippen LogP contribution in [0.5, 0.6) is 11.5 Å². The molecule has 14 nitrogen and oxygen atoms in total. The van der Waals surface area contributed by atoms with Crippen molar-refractivity contribution in [3.8, 4) is 11.5 Å². The first-order valence-electron chi connectivity index (χ1n) is 17.8. The monoisotopic (exact) mass is 732 g/mol. The van der Waals surface area contributed by atoms with Gasteiger partial charge in [-0.1, -0.05) is 76.6 Å². The number of halogens is 1. The van der Waals surface area contributed by atoms with E-state index >= 15 is 0 Å². The summed E-state index contributed by atoms with van der Waals surface area (Å²) >= 11 is 6.46. The van der Waals surface area contributed by atoms with Crippen LogP contribution in [0.25, 0.3) is 0 Å². The summed E-state index contributed by atoms with van der Waals surface area (Å²) in [5, 5.41) is 10.4. The van der Waals surface area contributed by atoms with E-state index in [1.165, 1.54) is 19.1 Å². The number of nitrogens with zero attached hydrogens (tertiary/aromatic N) is 2. The molecule has 51 heavy (non-hydrogen) atoms. The van der Waals surface area contributed by atoms with Crippen molar-refractivity contribution in [2.75, 3.05) is 20.8 Å². The topological polar surface area (TPSA) is 191 Å². The van der Waals surface area contributed by atoms with Crippen molar-refractivity contribution in [2.45, 2.75) is 122 Å². The lowest BCUT2D eigenvalue weighted by Crippen LogP contribution is -2.59. The quantitative estimate of drug-likeness (QED) is 0.0773. The molecule has 282 valence electrons. The Morgan fingerprint density at radius 2 is 1.73 bits per heavy atom. The fourth-order valence-electron chi connectivity index (χ4n) is 7.28. The molecule has 4 rings (SSSR count). The zero-order valence-corrected chi connectivity index (χ0v) is 31.3. The number of hydrogen-bond donors (Lipinski definition) is 4. The summed E-state index contributed by atoms with van der Waals surface area (Å²) in [6.07, 6.45) is 7.63. The van der Waals surface area contributed by atoms with Crippen LogP contribution in [-0.4, -0.2) is 84.5 Å². The lowest BCUT2D eigenvalue weighted by Gasteiger charge is -2.36. The normalized spacial score (nSPS) is 21.9. The van der Waals surface area contributed by atoms with Gasteiger partial charge in [-0.2, -0.15) is 0 Å². The SMILES string of the molecule is CCC[C@H](NC(=O)[C@@H]1C[C@]2(CC(c3cc(Cl)c(OC)cc3OC)=NO2)CN1C(=O)[C@@H](NC(=O)CC1CCCCCC1)C(C)(C)C)C(=O)C(=O)NN. The van der Waals surface area contributed by atoms with Crippen molar-refractivity contribution in [2.24, 2.45) is 22.3 Å². The van der Waals surface area contributed by atoms with E-state index in [9.17, 15) is 24.0 Å². The minimum Gasteiger partial charge on any atom is -0.496 e. The van der Waals surface area contributed by atoms with Gasteiger partial charge in [-0.3, -0.25) is 29.4 Å². The number of oxime groups is 1. The Kier molecular flexibility index (Phi) is 13.3. The van der Waals surface area contributed by atoms with Crippen molar-refractivity contribution in [1.29, 1.82) is 0 Å². The standard InChI is InChI=1S/C36H53ClN6O8/c1-7-12-24(30(45)33(47)41-38)39-32(46)26-19-36(18-25(42-51-36)22-16-23(37)28(50-6)17-27(22)49-5)20-43(26)34(48)31(35(2,3)4)40-29(44)15-21-13-10-8-9-11-14-21/h16-17,21,24,26,31H,7-15,18-20,38H2,1-6H3,(H,39,46)(H,40,44)(H,41,47)/t24-,26-,31+,36+/m0/s1. The molecule has 1 saturated heterocycles. The third-order valence-corrected chi connectivity index (χ3v) is 10.3. The molecule has 1 saturated carbocycles. The number of amides is 4. The van der Waals surface area contributed by atoms with Crippen LogP contribution >= 0.6 is 11.6 Å². The zero-order chi connectivity index (χ0) is 37.5. The van der Waals surface area contributed by atoms with Gasteiger partial charge < -0.3 is 29.8 Å². The van der Waals surface area contributed by atoms with Gasteiger partial charge in [-0.15, -0.1) is 0 Å². The minimum atomic E-state index is -1.17. The van der Waals surface area contributed by atoms with E-state index in [4.69, 9.17) is 31.8 Å². The van der Waals surface area contributed by atoms with Crippen LogP contribution in [0.4, 0.5) is 0 Å². The number of ketones is 1. The molecular formula is C36H53ClN6O8. The van der Waals surface area contributed by atoms with E-state index in [1.54, 1.807) is 12.1 Å². The summed E-state index contributed by atoms with van der Waals surface area (Å²) in [5.41, 5.74) is 1.03. The number of hydrazine groups is 1. The Hall–Kier alpha value is -3.91. The molecule has 15 heteroatoms. The highest BCUT2D eigenvalue weighted by Crippen LogP contribution is 2.42. The summed E-state index contributed by atoms with van der Waals surface area (Å²) < 4.78 is 10.9. The molecule has 1 aliphatic carbocycles. The molecule has 1 spiro atoms. The number of rotatable bonds is 13. The van der Waals surface area contributed by atoms with Gasteiger partial charge in [-0.25, -0.2) is 5.84 Å². The van der Waals surface area contributed by atoms with E-state index < -0.39 is 52.6 Å². The van der Waals surface area contributed by atoms with Crippen LogP contribution in [0.1, 0.15) is 104 Å². The van der Waals surface area contributed by atoms with E-state index in [-0.39, 0.29) is 37.6 Å². The molecule has 0 bridgehead atoms. The summed E-state index contributed by atoms with van der Waals surface area (Å²) in [5.74, 6) is 3.06. The van der Waals surface area contributed by atoms with Crippen LogP contribution in [0.2, 0.25) is 5.02 Å². The lowest BCUT2D eigenvalue weighted by atomic mass is 9.85. The molecule has 2 aliphatic heterocycles. The first kappa shape index (κ1) is 39.9. The van der Waals surface area contributed by atoms with Crippen molar-refractivity contribution in [3.63, 3.8) is 0 Å². The predicted molar refractivity (Wildman–Crippen MR) is 191 cm³/mol. The maximum atomic E-state index is 14.6. The van der Waals surface area contributed by atoms with Crippen molar-refractivity contribution in [1.82, 2.24) is 21.0 Å². The fourth-order valence-corrected chi connectivity index (χ4v) is 7.52. The average molecular weight is 733 g/mol. The van der Waals surface area contributed by atoms with Crippen LogP contribution in [0.15, 0.2) is 17.3 Å². The number of ether oxygens (including phenoxy) is 2. The van der Waals surface area contributed by atoms with Gasteiger partial charge in [0.25, 0.3) is 0 Å². The van der Waals surface area contributed by atoms with Crippen molar-refractivity contribution >= 4 is 46.7 Å². The Labute approximate surface area is 304 Å². The summed E-state index contributed by atoms with van der Waals surface area (Å²) in [6, 6.07) is 0.0367. The van der Waals surface area contributed by atoms with E-state index in [1.807, 2.05) is 33.1 Å². The molecule has 0 unspecified atom stereocenters. The lowest BCUT2D eigenvalue weighted by molar-refractivity contribution is -0.145. The zero-order valence-electron chi connectivity index (χ0n) is 30.6. The first-order chi connectivity index (χ1) is 24.2. The Morgan fingerprint density at radius 1 is 1.06 bits per heavy atom. The molecule has 4 atom stereocenters. The number of hydrogen-bond acceptors (Lipinski definition) is 10. The molecule has 3 aliphatic rings. The molecule has 2 fully saturated rings. The Balaban J connectivity index is 1.65. The number of carbonyl (C=O) groups is 5. The summed E-state index contributed by atoms with van der Waals surface area (Å²) in [6.45, 7) is 7.35. The highest BCUT2D eigenvalue weighted by molar-refractivity contribution is 6.38. The fraction of sp³-hybridized carbons (Fsp3) is 0.667. The van der Waals surface area contributed by atoms with Gasteiger partial charge in [0.05, 0.1) is 37.5 Å². The third kappa shape index (κ3) is 9.50. The second-order valence-corrected chi connectivity index (χ2v) is 15.4. The number of nitrogens with two attached hydrogens (primary N) is 1. The minimum absolute atomic E-state index is 0.0206. The molecule has 1 aromatic rings. The molecular weight excluding hydrogens is 680 g/mol. The number of methoxy groups -OCH3 is 2. The van der Waals surface area contributed by atoms with Gasteiger partial charge in [0.15, 0.2) is 5.60 Å². The van der Waals surface area contributed by atoms with Gasteiger partial charge >= 0.3 is 5.91 Å². The molecule has 1 aromatic carbocycles. The Morgan fingerprint density at radius 3 is 2.31 bits per heavy atom. The van der Waals surface area contributed by atoms with E-state index in [2.05, 4.69) is 15.8 Å². The van der Waals surface area contributed by atoms with Crippen molar-refractivity contribution in [3.05, 3.63) is 22.7 Å². The Bertz CT molecular complexity index is 1500. The number of Topliss-reactive ketones (excluding diaryl/α,β-unsaturated/α-hetero) is 1. The number of carbonyl (C=O) groups excluding carboxylic acids is 5. The highest BCUT2D eigenvalue weighted by atomic mass is 35.5. The van der Waals surface area contributed by atoms with Gasteiger partial charge in [0.2, 0.25) is 23.5 Å². The van der Waals surface area contributed by atoms with Crippen LogP contribution in [-0.2, 0) is 28.8 Å². The van der Waals surface area contributed by atoms with Gasteiger partial charge in [0.1, 0.15) is 23.6 Å². The number of benzene rings is 1. The molecule has 4 amide bonds. The second kappa shape index (κ2) is 17.1. The average Bonchev–Trinajstić information content (AvgIpc) is 3.59. The number of nitrogens with one attached hydrogen (secondary N) is 3. The van der Waals surface area contributed by atoms with E-state index in [0.717, 1.165) is 38.5 Å². The maximum absolute atomic E-state index is 14.6. The third-order valence-electron chi connectivity index (χ3n) is 10.0. The first-order valence-corrected chi connectivity index (χ1v) is 18.2. The highest BCUT2D eigenvalue weighted by Gasteiger charge is 2.56. The van der Waals surface area contributed by atoms with Crippen molar-refractivity contribution < 1.29 is 38.3 Å². The number of likely N-dealkylation sites (tertiary alicyclic amines) is 1. The molecule has 5 N–H and O–H groups in total. The van der Waals surface area contributed by atoms with E-state index in [0.29, 0.717) is 40.6 Å². The summed E-state index contributed by atoms with van der Waals surface area (Å²) in [4.78, 5) is 74.7. The molecule has 0 aromatic heterocycles.